The van der Waals surface area contributed by atoms with Gasteiger partial charge in [-0.2, -0.15) is 0 Å². The van der Waals surface area contributed by atoms with Gasteiger partial charge in [0.1, 0.15) is 5.78 Å². The van der Waals surface area contributed by atoms with Crippen LogP contribution in [0.2, 0.25) is 0 Å². The molecule has 1 heteroatoms. The van der Waals surface area contributed by atoms with Gasteiger partial charge in [0.05, 0.1) is 0 Å². The molecule has 3 unspecified atom stereocenters. The van der Waals surface area contributed by atoms with E-state index < -0.39 is 0 Å². The Morgan fingerprint density at radius 2 is 1.95 bits per heavy atom. The molecule has 1 saturated carbocycles. The predicted molar refractivity (Wildman–Crippen MR) is 85.9 cm³/mol. The molecule has 0 radical (unpaired) electrons. The number of rotatable bonds is 0. The van der Waals surface area contributed by atoms with E-state index >= 15 is 0 Å². The van der Waals surface area contributed by atoms with Gasteiger partial charge in [-0.1, -0.05) is 44.1 Å². The number of fused-ring (bicyclic) bond motifs is 4. The summed E-state index contributed by atoms with van der Waals surface area (Å²) in [7, 11) is 0. The Balaban J connectivity index is 1.80. The highest BCUT2D eigenvalue weighted by atomic mass is 16.1. The molecular weight excluding hydrogens is 256 g/mol. The van der Waals surface area contributed by atoms with E-state index in [1.807, 2.05) is 0 Å². The highest BCUT2D eigenvalue weighted by Gasteiger charge is 2.54. The Hall–Kier alpha value is -0.850. The van der Waals surface area contributed by atoms with Crippen molar-refractivity contribution < 1.29 is 4.79 Å². The lowest BCUT2D eigenvalue weighted by molar-refractivity contribution is -0.126. The maximum Gasteiger partial charge on any atom is 0.139 e. The average molecular weight is 284 g/mol. The first kappa shape index (κ1) is 13.8. The van der Waals surface area contributed by atoms with E-state index in [1.54, 1.807) is 11.1 Å². The van der Waals surface area contributed by atoms with Gasteiger partial charge in [-0.3, -0.25) is 4.79 Å². The highest BCUT2D eigenvalue weighted by molar-refractivity contribution is 5.88. The van der Waals surface area contributed by atoms with Gasteiger partial charge in [0.2, 0.25) is 0 Å². The van der Waals surface area contributed by atoms with Crippen LogP contribution in [-0.2, 0) is 4.79 Å². The molecule has 0 aliphatic heterocycles. The molecule has 4 rings (SSSR count). The molecule has 21 heavy (non-hydrogen) atoms. The molecule has 0 heterocycles. The van der Waals surface area contributed by atoms with E-state index in [1.165, 1.54) is 25.7 Å². The molecule has 0 spiro atoms. The fraction of sp³-hybridized carbons (Fsp3) is 0.750. The van der Waals surface area contributed by atoms with Gasteiger partial charge in [-0.05, 0) is 56.3 Å². The number of carbonyl (C=O) groups is 1. The Labute approximate surface area is 128 Å². The molecule has 1 nitrogen and oxygen atoms in total. The summed E-state index contributed by atoms with van der Waals surface area (Å²) in [5.74, 6) is 2.68. The van der Waals surface area contributed by atoms with Gasteiger partial charge in [0.25, 0.3) is 0 Å². The molecule has 4 aliphatic carbocycles. The smallest absolute Gasteiger partial charge is 0.139 e. The van der Waals surface area contributed by atoms with Crippen LogP contribution in [0.25, 0.3) is 0 Å². The topological polar surface area (TPSA) is 17.1 Å². The average Bonchev–Trinajstić information content (AvgIpc) is 2.76. The molecule has 5 atom stereocenters. The summed E-state index contributed by atoms with van der Waals surface area (Å²) in [6.45, 7) is 7.09. The Bertz CT molecular complexity index is 554. The Morgan fingerprint density at radius 3 is 2.76 bits per heavy atom. The molecule has 0 aromatic carbocycles. The summed E-state index contributed by atoms with van der Waals surface area (Å²) in [5, 5.41) is 0. The maximum atomic E-state index is 12.4. The van der Waals surface area contributed by atoms with E-state index in [2.05, 4.69) is 32.9 Å². The first-order valence-electron chi connectivity index (χ1n) is 8.90. The van der Waals surface area contributed by atoms with Crippen LogP contribution in [0.3, 0.4) is 0 Å². The first-order chi connectivity index (χ1) is 9.95. The molecule has 4 aliphatic rings. The monoisotopic (exact) mass is 284 g/mol. The molecule has 114 valence electrons. The van der Waals surface area contributed by atoms with Crippen LogP contribution in [0.4, 0.5) is 0 Å². The molecule has 0 saturated heterocycles. The summed E-state index contributed by atoms with van der Waals surface area (Å²) in [6, 6.07) is 0. The zero-order chi connectivity index (χ0) is 14.8. The minimum atomic E-state index is -0.0201. The summed E-state index contributed by atoms with van der Waals surface area (Å²) >= 11 is 0. The maximum absolute atomic E-state index is 12.4. The van der Waals surface area contributed by atoms with Crippen LogP contribution in [0.15, 0.2) is 23.3 Å². The number of hydrogen-bond acceptors (Lipinski definition) is 1. The summed E-state index contributed by atoms with van der Waals surface area (Å²) in [4.78, 5) is 12.4. The van der Waals surface area contributed by atoms with Crippen molar-refractivity contribution in [3.63, 3.8) is 0 Å². The van der Waals surface area contributed by atoms with Gasteiger partial charge in [0.15, 0.2) is 0 Å². The van der Waals surface area contributed by atoms with Gasteiger partial charge < -0.3 is 0 Å². The van der Waals surface area contributed by atoms with Gasteiger partial charge in [0, 0.05) is 17.3 Å². The van der Waals surface area contributed by atoms with Crippen LogP contribution >= 0.6 is 0 Å². The van der Waals surface area contributed by atoms with Crippen LogP contribution in [0.1, 0.15) is 65.7 Å². The number of hydrogen-bond donors (Lipinski definition) is 0. The minimum absolute atomic E-state index is 0.0201. The minimum Gasteiger partial charge on any atom is -0.299 e. The third-order valence-corrected chi connectivity index (χ3v) is 7.46. The second-order valence-electron chi connectivity index (χ2n) is 8.53. The fourth-order valence-electron chi connectivity index (χ4n) is 6.01. The largest absolute Gasteiger partial charge is 0.299 e. The lowest BCUT2D eigenvalue weighted by Gasteiger charge is -2.51. The molecule has 1 fully saturated rings. The molecular formula is C20H28O. The molecule has 0 amide bonds. The molecule has 0 aromatic heterocycles. The molecule has 0 bridgehead atoms. The third kappa shape index (κ3) is 1.72. The number of Topliss-reactive ketones (excluding diaryl/α,β-unsaturated/α-hetero) is 1. The van der Waals surface area contributed by atoms with Crippen LogP contribution in [0, 0.1) is 28.6 Å². The van der Waals surface area contributed by atoms with Crippen molar-refractivity contribution in [2.45, 2.75) is 65.7 Å². The first-order valence-corrected chi connectivity index (χ1v) is 8.90. The SMILES string of the molecule is CC1C=C[C@]2(C)C3=C(CCC2C1)C1CCC(=O)[C@@]1(C)CC3. The van der Waals surface area contributed by atoms with E-state index in [9.17, 15) is 4.79 Å². The number of allylic oxidation sites excluding steroid dienone is 4. The van der Waals surface area contributed by atoms with Crippen molar-refractivity contribution in [2.75, 3.05) is 0 Å². The lowest BCUT2D eigenvalue weighted by Crippen LogP contribution is -2.42. The predicted octanol–water partition coefficient (Wildman–Crippen LogP) is 5.07. The second-order valence-corrected chi connectivity index (χ2v) is 8.53. The van der Waals surface area contributed by atoms with Gasteiger partial charge in [-0.15, -0.1) is 0 Å². The summed E-state index contributed by atoms with van der Waals surface area (Å²) in [5.41, 5.74) is 3.72. The van der Waals surface area contributed by atoms with Crippen molar-refractivity contribution >= 4 is 5.78 Å². The number of carbonyl (C=O) groups excluding carboxylic acids is 1. The van der Waals surface area contributed by atoms with Crippen LogP contribution < -0.4 is 0 Å². The molecule has 0 N–H and O–H groups in total. The standard InChI is InChI=1S/C20H28O/c1-13-8-10-19(2)14(12-13)4-5-15-16-6-7-18(21)20(16,3)11-9-17(15)19/h8,10,13-14,16H,4-7,9,11-12H2,1-3H3/t13?,14?,16?,19-,20-/m0/s1. The van der Waals surface area contributed by atoms with Gasteiger partial charge in [-0.25, -0.2) is 0 Å². The van der Waals surface area contributed by atoms with Crippen LogP contribution in [0.5, 0.6) is 0 Å². The van der Waals surface area contributed by atoms with Gasteiger partial charge >= 0.3 is 0 Å². The zero-order valence-corrected chi connectivity index (χ0v) is 13.7. The van der Waals surface area contributed by atoms with E-state index in [0.29, 0.717) is 17.1 Å². The zero-order valence-electron chi connectivity index (χ0n) is 13.7. The Morgan fingerprint density at radius 1 is 1.14 bits per heavy atom. The van der Waals surface area contributed by atoms with E-state index in [-0.39, 0.29) is 5.41 Å². The van der Waals surface area contributed by atoms with E-state index in [0.717, 1.165) is 31.1 Å². The Kier molecular flexibility index (Phi) is 2.85. The highest BCUT2D eigenvalue weighted by Crippen LogP contribution is 2.61. The van der Waals surface area contributed by atoms with Crippen molar-refractivity contribution in [1.82, 2.24) is 0 Å². The second kappa shape index (κ2) is 4.33. The van der Waals surface area contributed by atoms with E-state index in [4.69, 9.17) is 0 Å². The summed E-state index contributed by atoms with van der Waals surface area (Å²) in [6.07, 6.45) is 13.1. The fourth-order valence-corrected chi connectivity index (χ4v) is 6.01. The van der Waals surface area contributed by atoms with Crippen molar-refractivity contribution in [3.8, 4) is 0 Å². The van der Waals surface area contributed by atoms with Crippen molar-refractivity contribution in [2.24, 2.45) is 28.6 Å². The van der Waals surface area contributed by atoms with Crippen molar-refractivity contribution in [3.05, 3.63) is 23.3 Å². The van der Waals surface area contributed by atoms with Crippen molar-refractivity contribution in [1.29, 1.82) is 0 Å². The third-order valence-electron chi connectivity index (χ3n) is 7.46. The quantitative estimate of drug-likeness (QED) is 0.567. The number of ketones is 1. The normalized spacial score (nSPS) is 48.9. The van der Waals surface area contributed by atoms with Crippen LogP contribution in [-0.4, -0.2) is 5.78 Å². The summed E-state index contributed by atoms with van der Waals surface area (Å²) < 4.78 is 0. The lowest BCUT2D eigenvalue weighted by atomic mass is 9.53. The molecule has 0 aromatic rings.